The van der Waals surface area contributed by atoms with Gasteiger partial charge in [0.1, 0.15) is 17.7 Å². The maximum absolute atomic E-state index is 13.2. The van der Waals surface area contributed by atoms with Crippen LogP contribution in [0.25, 0.3) is 0 Å². The molecule has 0 saturated carbocycles. The second-order valence-corrected chi connectivity index (χ2v) is 2.57. The van der Waals surface area contributed by atoms with Crippen LogP contribution < -0.4 is 0 Å². The predicted molar refractivity (Wildman–Crippen MR) is 37.3 cm³/mol. The van der Waals surface area contributed by atoms with Gasteiger partial charge in [-0.25, -0.2) is 17.6 Å². The fourth-order valence-electron chi connectivity index (χ4n) is 0.966. The molecule has 72 valence electrons. The third kappa shape index (κ3) is 1.25. The molecule has 1 aliphatic rings. The summed E-state index contributed by atoms with van der Waals surface area (Å²) in [4.78, 5) is 0. The van der Waals surface area contributed by atoms with Gasteiger partial charge in [-0.05, 0) is 0 Å². The predicted octanol–water partition coefficient (Wildman–Crippen LogP) is 2.17. The molecule has 1 aliphatic carbocycles. The van der Waals surface area contributed by atoms with E-state index in [4.69, 9.17) is 10.5 Å². The van der Waals surface area contributed by atoms with Gasteiger partial charge >= 0.3 is 0 Å². The van der Waals surface area contributed by atoms with E-state index in [0.29, 0.717) is 0 Å². The lowest BCUT2D eigenvalue weighted by Gasteiger charge is -2.21. The molecule has 14 heavy (non-hydrogen) atoms. The van der Waals surface area contributed by atoms with E-state index < -0.39 is 29.1 Å². The van der Waals surface area contributed by atoms with Crippen molar-refractivity contribution in [3.05, 3.63) is 23.3 Å². The van der Waals surface area contributed by atoms with Crippen LogP contribution >= 0.6 is 0 Å². The minimum atomic E-state index is -3.31. The van der Waals surface area contributed by atoms with Crippen molar-refractivity contribution in [2.24, 2.45) is 0 Å². The van der Waals surface area contributed by atoms with E-state index in [-0.39, 0.29) is 6.08 Å². The van der Waals surface area contributed by atoms with E-state index in [9.17, 15) is 17.6 Å². The van der Waals surface area contributed by atoms with Crippen molar-refractivity contribution in [2.75, 3.05) is 0 Å². The molecular formula is C8H2F4N2. The van der Waals surface area contributed by atoms with Gasteiger partial charge in [0.25, 0.3) is 5.67 Å². The molecule has 0 amide bonds. The first kappa shape index (κ1) is 10.3. The standard InChI is InChI=1S/C8H2F4N2/c9-5-1-8(12,3-14)7(11)4(2-13)6(5)10/h1,7H. The number of hydrogen-bond donors (Lipinski definition) is 0. The first-order valence-corrected chi connectivity index (χ1v) is 3.39. The minimum absolute atomic E-state index is 0.117. The van der Waals surface area contributed by atoms with E-state index in [1.54, 1.807) is 0 Å². The molecular weight excluding hydrogens is 200 g/mol. The molecule has 0 radical (unpaired) electrons. The van der Waals surface area contributed by atoms with Gasteiger partial charge in [-0.2, -0.15) is 10.5 Å². The van der Waals surface area contributed by atoms with Crippen molar-refractivity contribution in [2.45, 2.75) is 11.8 Å². The summed E-state index contributed by atoms with van der Waals surface area (Å²) in [5.41, 5.74) is -4.65. The quantitative estimate of drug-likeness (QED) is 0.565. The molecule has 0 bridgehead atoms. The zero-order valence-electron chi connectivity index (χ0n) is 6.56. The maximum Gasteiger partial charge on any atom is 0.253 e. The molecule has 2 nitrogen and oxygen atoms in total. The number of allylic oxidation sites excluding steroid dienone is 4. The summed E-state index contributed by atoms with van der Waals surface area (Å²) in [5.74, 6) is -3.50. The molecule has 0 saturated heterocycles. The summed E-state index contributed by atoms with van der Waals surface area (Å²) >= 11 is 0. The normalized spacial score (nSPS) is 31.9. The van der Waals surface area contributed by atoms with E-state index in [0.717, 1.165) is 12.1 Å². The number of nitriles is 2. The third-order valence-corrected chi connectivity index (χ3v) is 1.70. The van der Waals surface area contributed by atoms with Crippen LogP contribution in [0.5, 0.6) is 0 Å². The summed E-state index contributed by atoms with van der Waals surface area (Å²) in [6, 6.07) is 1.82. The Morgan fingerprint density at radius 3 is 2.36 bits per heavy atom. The van der Waals surface area contributed by atoms with E-state index in [1.807, 2.05) is 0 Å². The van der Waals surface area contributed by atoms with Crippen LogP contribution in [0.1, 0.15) is 0 Å². The van der Waals surface area contributed by atoms with Crippen molar-refractivity contribution in [3.63, 3.8) is 0 Å². The van der Waals surface area contributed by atoms with Crippen LogP contribution in [0.3, 0.4) is 0 Å². The molecule has 0 spiro atoms. The van der Waals surface area contributed by atoms with Crippen LogP contribution in [0.2, 0.25) is 0 Å². The Kier molecular flexibility index (Phi) is 2.31. The second-order valence-electron chi connectivity index (χ2n) is 2.57. The SMILES string of the molecule is N#CC1=C(F)C(F)=CC(F)(C#N)C1F. The first-order chi connectivity index (χ1) is 6.46. The van der Waals surface area contributed by atoms with Crippen molar-refractivity contribution in [3.8, 4) is 12.1 Å². The Morgan fingerprint density at radius 2 is 1.93 bits per heavy atom. The van der Waals surface area contributed by atoms with Gasteiger partial charge in [-0.15, -0.1) is 0 Å². The van der Waals surface area contributed by atoms with Crippen LogP contribution in [0, 0.1) is 22.7 Å². The fourth-order valence-corrected chi connectivity index (χ4v) is 0.966. The number of halogens is 4. The van der Waals surface area contributed by atoms with E-state index >= 15 is 0 Å². The highest BCUT2D eigenvalue weighted by Gasteiger charge is 2.47. The van der Waals surface area contributed by atoms with Crippen molar-refractivity contribution < 1.29 is 17.6 Å². The van der Waals surface area contributed by atoms with Crippen LogP contribution in [0.15, 0.2) is 23.3 Å². The number of hydrogen-bond acceptors (Lipinski definition) is 2. The first-order valence-electron chi connectivity index (χ1n) is 3.39. The Labute approximate surface area is 76.4 Å². The number of nitrogens with zero attached hydrogens (tertiary/aromatic N) is 2. The molecule has 0 aromatic carbocycles. The Morgan fingerprint density at radius 1 is 1.36 bits per heavy atom. The summed E-state index contributed by atoms with van der Waals surface area (Å²) in [6.45, 7) is 0. The Balaban J connectivity index is 3.35. The van der Waals surface area contributed by atoms with Crippen molar-refractivity contribution >= 4 is 0 Å². The number of rotatable bonds is 0. The average molecular weight is 202 g/mol. The second kappa shape index (κ2) is 3.15. The van der Waals surface area contributed by atoms with Crippen LogP contribution in [0.4, 0.5) is 17.6 Å². The van der Waals surface area contributed by atoms with Crippen LogP contribution in [-0.4, -0.2) is 11.8 Å². The molecule has 2 unspecified atom stereocenters. The molecule has 0 heterocycles. The lowest BCUT2D eigenvalue weighted by atomic mass is 9.90. The average Bonchev–Trinajstić information content (AvgIpc) is 2.16. The van der Waals surface area contributed by atoms with Crippen molar-refractivity contribution in [1.29, 1.82) is 10.5 Å². The highest BCUT2D eigenvalue weighted by molar-refractivity contribution is 5.48. The topological polar surface area (TPSA) is 47.6 Å². The van der Waals surface area contributed by atoms with Gasteiger partial charge in [0.2, 0.25) is 0 Å². The zero-order chi connectivity index (χ0) is 10.9. The van der Waals surface area contributed by atoms with Crippen LogP contribution in [-0.2, 0) is 0 Å². The Hall–Kier alpha value is -1.82. The van der Waals surface area contributed by atoms with Gasteiger partial charge in [-0.3, -0.25) is 0 Å². The molecule has 1 rings (SSSR count). The minimum Gasteiger partial charge on any atom is -0.236 e. The highest BCUT2D eigenvalue weighted by atomic mass is 19.2. The molecule has 0 aliphatic heterocycles. The monoisotopic (exact) mass is 202 g/mol. The van der Waals surface area contributed by atoms with E-state index in [2.05, 4.69) is 0 Å². The molecule has 0 fully saturated rings. The Bertz CT molecular complexity index is 412. The summed E-state index contributed by atoms with van der Waals surface area (Å²) in [5, 5.41) is 16.4. The summed E-state index contributed by atoms with van der Waals surface area (Å²) in [7, 11) is 0. The van der Waals surface area contributed by atoms with Gasteiger partial charge < -0.3 is 0 Å². The molecule has 0 aromatic rings. The lowest BCUT2D eigenvalue weighted by Crippen LogP contribution is -2.35. The summed E-state index contributed by atoms with van der Waals surface area (Å²) in [6.07, 6.45) is -2.91. The summed E-state index contributed by atoms with van der Waals surface area (Å²) < 4.78 is 51.4. The molecule has 0 aromatic heterocycles. The number of alkyl halides is 2. The van der Waals surface area contributed by atoms with Gasteiger partial charge in [-0.1, -0.05) is 0 Å². The van der Waals surface area contributed by atoms with E-state index in [1.165, 1.54) is 0 Å². The molecule has 2 atom stereocenters. The lowest BCUT2D eigenvalue weighted by molar-refractivity contribution is 0.166. The third-order valence-electron chi connectivity index (χ3n) is 1.70. The zero-order valence-corrected chi connectivity index (χ0v) is 6.56. The largest absolute Gasteiger partial charge is 0.253 e. The molecule has 6 heteroatoms. The highest BCUT2D eigenvalue weighted by Crippen LogP contribution is 2.37. The maximum atomic E-state index is 13.2. The van der Waals surface area contributed by atoms with Gasteiger partial charge in [0, 0.05) is 6.08 Å². The smallest absolute Gasteiger partial charge is 0.236 e. The van der Waals surface area contributed by atoms with Crippen molar-refractivity contribution in [1.82, 2.24) is 0 Å². The fraction of sp³-hybridized carbons (Fsp3) is 0.250. The molecule has 0 N–H and O–H groups in total. The van der Waals surface area contributed by atoms with Gasteiger partial charge in [0.15, 0.2) is 17.8 Å². The van der Waals surface area contributed by atoms with Gasteiger partial charge in [0.05, 0.1) is 0 Å².